The summed E-state index contributed by atoms with van der Waals surface area (Å²) < 4.78 is 5.22. The van der Waals surface area contributed by atoms with Crippen LogP contribution in [0.2, 0.25) is 0 Å². The molecule has 0 saturated carbocycles. The molecule has 1 aliphatic carbocycles. The van der Waals surface area contributed by atoms with Gasteiger partial charge in [0, 0.05) is 19.1 Å². The van der Waals surface area contributed by atoms with Crippen LogP contribution in [0.3, 0.4) is 0 Å². The lowest BCUT2D eigenvalue weighted by Gasteiger charge is -2.30. The van der Waals surface area contributed by atoms with Gasteiger partial charge in [-0.25, -0.2) is 4.79 Å². The second-order valence-corrected chi connectivity index (χ2v) is 15.3. The maximum absolute atomic E-state index is 13.3. The van der Waals surface area contributed by atoms with Crippen LogP contribution in [-0.2, 0) is 41.6 Å². The second kappa shape index (κ2) is 26.0. The summed E-state index contributed by atoms with van der Waals surface area (Å²) in [6, 6.07) is 6.46. The number of ether oxygens (including phenoxy) is 1. The molecule has 1 aliphatic heterocycles. The highest BCUT2D eigenvalue weighted by Crippen LogP contribution is 2.30. The van der Waals surface area contributed by atoms with Crippen molar-refractivity contribution in [3.05, 3.63) is 48.0 Å². The first-order chi connectivity index (χ1) is 24.5. The molecule has 2 aliphatic rings. The van der Waals surface area contributed by atoms with E-state index in [1.807, 2.05) is 43.4 Å². The van der Waals surface area contributed by atoms with E-state index in [1.54, 1.807) is 32.5 Å². The number of ketones is 1. The number of hydrogen-bond donors (Lipinski definition) is 4. The molecule has 3 rings (SSSR count). The Labute approximate surface area is 316 Å². The maximum atomic E-state index is 13.3. The number of thioether (sulfide) groups is 1. The van der Waals surface area contributed by atoms with Gasteiger partial charge in [-0.05, 0) is 95.3 Å². The molecular weight excluding hydrogens is 683 g/mol. The Morgan fingerprint density at radius 3 is 2.04 bits per heavy atom. The highest BCUT2D eigenvalue weighted by molar-refractivity contribution is 7.97. The fourth-order valence-electron chi connectivity index (χ4n) is 5.44. The number of carbonyl (C=O) groups is 6. The average Bonchev–Trinajstić information content (AvgIpc) is 3.70. The monoisotopic (exact) mass is 747 g/mol. The van der Waals surface area contributed by atoms with Crippen LogP contribution in [0.15, 0.2) is 36.9 Å². The molecule has 12 nitrogen and oxygen atoms in total. The van der Waals surface area contributed by atoms with Gasteiger partial charge in [0.2, 0.25) is 18.1 Å². The van der Waals surface area contributed by atoms with Gasteiger partial charge in [0.05, 0.1) is 6.04 Å². The molecule has 52 heavy (non-hydrogen) atoms. The van der Waals surface area contributed by atoms with Crippen molar-refractivity contribution >= 4 is 47.8 Å². The van der Waals surface area contributed by atoms with Crippen molar-refractivity contribution in [3.63, 3.8) is 0 Å². The van der Waals surface area contributed by atoms with Crippen LogP contribution < -0.4 is 21.3 Å². The molecule has 1 heterocycles. The van der Waals surface area contributed by atoms with Crippen molar-refractivity contribution in [1.82, 2.24) is 26.2 Å². The molecule has 4 N–H and O–H groups in total. The third-order valence-corrected chi connectivity index (χ3v) is 7.55. The van der Waals surface area contributed by atoms with Gasteiger partial charge < -0.3 is 30.9 Å². The molecule has 3 unspecified atom stereocenters. The standard InChI is InChI=1S/C23H33N3O4.C10H16N2O3.C4H10.C2H6S/c1-15-8-7-11-26(15)21(28)20(18-12-16-9-5-6-10-17(16)13-18)25-22(29)24-14-19(27)30-23(2,3)4;1-3-5-8(12-7-13)9(14)10(15)11-6-4-2;1-4(2)3;1-3-2/h5-6,9-10,15,18,20H,7-8,11-14H2,1-4H3,(H2,24,25,29);4,7-8H,2-3,5-6H2,1H3,(H,11,15)(H,12,13);4H,1-3H3;1-2H3. The van der Waals surface area contributed by atoms with Crippen LogP contribution in [0.4, 0.5) is 4.79 Å². The summed E-state index contributed by atoms with van der Waals surface area (Å²) in [5.41, 5.74) is 1.84. The minimum Gasteiger partial charge on any atom is -0.459 e. The Hall–Kier alpha value is -3.87. The zero-order chi connectivity index (χ0) is 39.9. The van der Waals surface area contributed by atoms with Crippen LogP contribution >= 0.6 is 11.8 Å². The lowest BCUT2D eigenvalue weighted by Crippen LogP contribution is -2.56. The number of Topliss-reactive ketones (excluding diaryl/α,β-unsaturated/α-hetero) is 1. The number of nitrogens with zero attached hydrogens (tertiary/aromatic N) is 1. The smallest absolute Gasteiger partial charge is 0.325 e. The number of esters is 1. The summed E-state index contributed by atoms with van der Waals surface area (Å²) in [6.07, 6.45) is 10.6. The number of carbonyl (C=O) groups excluding carboxylic acids is 6. The first-order valence-corrected chi connectivity index (χ1v) is 19.7. The highest BCUT2D eigenvalue weighted by atomic mass is 32.2. The molecule has 5 amide bonds. The quantitative estimate of drug-likeness (QED) is 0.0965. The van der Waals surface area contributed by atoms with Crippen LogP contribution in [0.25, 0.3) is 0 Å². The lowest BCUT2D eigenvalue weighted by atomic mass is 9.95. The molecule has 0 bridgehead atoms. The summed E-state index contributed by atoms with van der Waals surface area (Å²) in [7, 11) is 0. The molecule has 1 aromatic rings. The molecule has 0 aromatic heterocycles. The van der Waals surface area contributed by atoms with Crippen molar-refractivity contribution in [2.24, 2.45) is 11.8 Å². The summed E-state index contributed by atoms with van der Waals surface area (Å²) in [5, 5.41) is 10.1. The average molecular weight is 748 g/mol. The summed E-state index contributed by atoms with van der Waals surface area (Å²) >= 11 is 1.75. The lowest BCUT2D eigenvalue weighted by molar-refractivity contribution is -0.153. The molecule has 3 atom stereocenters. The fraction of sp³-hybridized carbons (Fsp3) is 0.641. The Morgan fingerprint density at radius 1 is 1.04 bits per heavy atom. The zero-order valence-corrected chi connectivity index (χ0v) is 34.0. The van der Waals surface area contributed by atoms with E-state index in [4.69, 9.17) is 4.74 Å². The number of likely N-dealkylation sites (tertiary alicyclic amines) is 1. The van der Waals surface area contributed by atoms with E-state index in [1.165, 1.54) is 17.2 Å². The fourth-order valence-corrected chi connectivity index (χ4v) is 5.44. The van der Waals surface area contributed by atoms with E-state index in [0.717, 1.165) is 38.1 Å². The number of benzene rings is 1. The number of nitrogens with one attached hydrogen (secondary N) is 4. The largest absolute Gasteiger partial charge is 0.459 e. The minimum absolute atomic E-state index is 0.00465. The highest BCUT2D eigenvalue weighted by Gasteiger charge is 2.39. The molecule has 294 valence electrons. The van der Waals surface area contributed by atoms with Crippen LogP contribution in [0.1, 0.15) is 92.2 Å². The SMILES string of the molecule is C=CCNC(=O)C(=O)C(CCC)NC=O.CC(C)C.CC1CCCN1C(=O)C(NC(=O)NCC(=O)OC(C)(C)C)C1Cc2ccccc2C1.CSC. The molecule has 1 saturated heterocycles. The summed E-state index contributed by atoms with van der Waals surface area (Å²) in [6.45, 7) is 19.9. The van der Waals surface area contributed by atoms with E-state index < -0.39 is 41.4 Å². The Balaban J connectivity index is 0.000000987. The Morgan fingerprint density at radius 2 is 1.60 bits per heavy atom. The predicted molar refractivity (Wildman–Crippen MR) is 210 cm³/mol. The van der Waals surface area contributed by atoms with E-state index >= 15 is 0 Å². The molecule has 0 spiro atoms. The third kappa shape index (κ3) is 19.7. The van der Waals surface area contributed by atoms with Gasteiger partial charge in [0.1, 0.15) is 18.2 Å². The van der Waals surface area contributed by atoms with Crippen molar-refractivity contribution in [1.29, 1.82) is 0 Å². The van der Waals surface area contributed by atoms with Gasteiger partial charge >= 0.3 is 12.0 Å². The Bertz CT molecular complexity index is 1260. The number of fused-ring (bicyclic) bond motifs is 1. The second-order valence-electron chi connectivity index (χ2n) is 14.5. The normalized spacial score (nSPS) is 15.8. The van der Waals surface area contributed by atoms with Crippen LogP contribution in [-0.4, -0.2) is 96.8 Å². The van der Waals surface area contributed by atoms with E-state index in [-0.39, 0.29) is 31.0 Å². The maximum Gasteiger partial charge on any atom is 0.325 e. The van der Waals surface area contributed by atoms with Gasteiger partial charge in [0.15, 0.2) is 0 Å². The van der Waals surface area contributed by atoms with Crippen LogP contribution in [0, 0.1) is 11.8 Å². The number of rotatable bonds is 13. The van der Waals surface area contributed by atoms with Gasteiger partial charge in [-0.15, -0.1) is 6.58 Å². The van der Waals surface area contributed by atoms with Gasteiger partial charge in [0.25, 0.3) is 5.91 Å². The van der Waals surface area contributed by atoms with Gasteiger partial charge in [-0.3, -0.25) is 24.0 Å². The molecular formula is C39H65N5O7S. The van der Waals surface area contributed by atoms with Crippen molar-refractivity contribution < 1.29 is 33.5 Å². The van der Waals surface area contributed by atoms with Crippen molar-refractivity contribution in [2.45, 2.75) is 118 Å². The third-order valence-electron chi connectivity index (χ3n) is 7.55. The van der Waals surface area contributed by atoms with Crippen LogP contribution in [0.5, 0.6) is 0 Å². The topological polar surface area (TPSA) is 163 Å². The predicted octanol–water partition coefficient (Wildman–Crippen LogP) is 4.84. The Kier molecular flexibility index (Phi) is 24.0. The first kappa shape index (κ1) is 48.1. The summed E-state index contributed by atoms with van der Waals surface area (Å²) in [5.74, 6) is -1.03. The summed E-state index contributed by atoms with van der Waals surface area (Å²) in [4.78, 5) is 72.6. The molecule has 0 radical (unpaired) electrons. The molecule has 13 heteroatoms. The van der Waals surface area contributed by atoms with Crippen molar-refractivity contribution in [2.75, 3.05) is 32.1 Å². The van der Waals surface area contributed by atoms with E-state index in [2.05, 4.69) is 60.8 Å². The van der Waals surface area contributed by atoms with Gasteiger partial charge in [-0.2, -0.15) is 11.8 Å². The first-order valence-electron chi connectivity index (χ1n) is 18.1. The van der Waals surface area contributed by atoms with Gasteiger partial charge in [-0.1, -0.05) is 64.5 Å². The van der Waals surface area contributed by atoms with Crippen molar-refractivity contribution in [3.8, 4) is 0 Å². The number of urea groups is 1. The molecule has 1 aromatic carbocycles. The zero-order valence-electron chi connectivity index (χ0n) is 33.1. The molecule has 1 fully saturated rings. The van der Waals surface area contributed by atoms with E-state index in [0.29, 0.717) is 19.3 Å². The van der Waals surface area contributed by atoms with E-state index in [9.17, 15) is 28.8 Å². The minimum atomic E-state index is -0.725. The number of amides is 5. The number of hydrogen-bond acceptors (Lipinski definition) is 8.